The Balaban J connectivity index is 1.64. The lowest BCUT2D eigenvalue weighted by atomic mass is 10.1. The van der Waals surface area contributed by atoms with Gasteiger partial charge in [0.25, 0.3) is 5.91 Å². The summed E-state index contributed by atoms with van der Waals surface area (Å²) in [6.45, 7) is 8.37. The molecule has 2 N–H and O–H groups in total. The van der Waals surface area contributed by atoms with E-state index < -0.39 is 0 Å². The highest BCUT2D eigenvalue weighted by molar-refractivity contribution is 7.09. The number of benzene rings is 2. The van der Waals surface area contributed by atoms with Crippen molar-refractivity contribution in [3.63, 3.8) is 0 Å². The molecule has 0 aliphatic rings. The second kappa shape index (κ2) is 10.4. The number of anilines is 1. The molecule has 8 heteroatoms. The lowest BCUT2D eigenvalue weighted by Crippen LogP contribution is -2.39. The molecular weight excluding hydrogens is 427 g/mol. The van der Waals surface area contributed by atoms with E-state index in [0.717, 1.165) is 22.4 Å². The molecule has 1 heterocycles. The summed E-state index contributed by atoms with van der Waals surface area (Å²) in [6, 6.07) is 11.6. The number of nitrogens with one attached hydrogen (secondary N) is 2. The lowest BCUT2D eigenvalue weighted by Gasteiger charge is -2.27. The van der Waals surface area contributed by atoms with Crippen LogP contribution in [0.25, 0.3) is 0 Å². The Morgan fingerprint density at radius 1 is 1.09 bits per heavy atom. The van der Waals surface area contributed by atoms with E-state index in [1.807, 2.05) is 45.9 Å². The first kappa shape index (κ1) is 23.4. The van der Waals surface area contributed by atoms with Gasteiger partial charge in [-0.3, -0.25) is 4.79 Å². The Bertz CT molecular complexity index is 1080. The first-order valence-corrected chi connectivity index (χ1v) is 11.2. The normalized spacial score (nSPS) is 10.8. The quantitative estimate of drug-likeness (QED) is 0.511. The van der Waals surface area contributed by atoms with Crippen LogP contribution in [0.2, 0.25) is 0 Å². The fourth-order valence-corrected chi connectivity index (χ4v) is 3.96. The molecule has 0 aliphatic heterocycles. The van der Waals surface area contributed by atoms with Gasteiger partial charge in [0, 0.05) is 23.7 Å². The minimum Gasteiger partial charge on any atom is -0.347 e. The Morgan fingerprint density at radius 2 is 1.75 bits per heavy atom. The maximum Gasteiger partial charge on any atom is 0.322 e. The number of carbonyl (C=O) groups excluding carboxylic acids is 2. The third-order valence-corrected chi connectivity index (χ3v) is 5.89. The zero-order valence-corrected chi connectivity index (χ0v) is 19.4. The van der Waals surface area contributed by atoms with E-state index in [0.29, 0.717) is 17.2 Å². The van der Waals surface area contributed by atoms with Gasteiger partial charge in [-0.05, 0) is 56.5 Å². The molecule has 0 spiro atoms. The number of aromatic nitrogens is 1. The van der Waals surface area contributed by atoms with E-state index >= 15 is 0 Å². The largest absolute Gasteiger partial charge is 0.347 e. The van der Waals surface area contributed by atoms with Gasteiger partial charge in [-0.25, -0.2) is 14.2 Å². The smallest absolute Gasteiger partial charge is 0.322 e. The summed E-state index contributed by atoms with van der Waals surface area (Å²) in [5.74, 6) is -0.631. The number of hydrogen-bond donors (Lipinski definition) is 2. The van der Waals surface area contributed by atoms with E-state index in [2.05, 4.69) is 15.6 Å². The van der Waals surface area contributed by atoms with Crippen molar-refractivity contribution in [3.05, 3.63) is 81.1 Å². The molecule has 0 fully saturated rings. The van der Waals surface area contributed by atoms with Crippen molar-refractivity contribution in [1.29, 1.82) is 0 Å². The molecular formula is C24H27FN4O2S. The van der Waals surface area contributed by atoms with E-state index in [-0.39, 0.29) is 30.3 Å². The SMILES string of the molecule is Cc1cccc(C)c1NC(=O)N(Cc1nc(C(=O)NCc2ccc(F)cc2)cs1)C(C)C. The average Bonchev–Trinajstić information content (AvgIpc) is 3.22. The van der Waals surface area contributed by atoms with Crippen molar-refractivity contribution in [1.82, 2.24) is 15.2 Å². The third-order valence-electron chi connectivity index (χ3n) is 5.05. The highest BCUT2D eigenvalue weighted by atomic mass is 32.1. The summed E-state index contributed by atoms with van der Waals surface area (Å²) in [5, 5.41) is 8.14. The second-order valence-corrected chi connectivity index (χ2v) is 8.80. The molecule has 0 unspecified atom stereocenters. The zero-order valence-electron chi connectivity index (χ0n) is 18.6. The first-order chi connectivity index (χ1) is 15.2. The highest BCUT2D eigenvalue weighted by Gasteiger charge is 2.21. The lowest BCUT2D eigenvalue weighted by molar-refractivity contribution is 0.0946. The summed E-state index contributed by atoms with van der Waals surface area (Å²) in [5.41, 5.74) is 3.89. The van der Waals surface area contributed by atoms with Gasteiger partial charge in [-0.15, -0.1) is 11.3 Å². The molecule has 0 saturated carbocycles. The Morgan fingerprint density at radius 3 is 2.38 bits per heavy atom. The standard InChI is InChI=1S/C24H27FN4O2S/c1-15(2)29(24(31)28-22-16(3)6-5-7-17(22)4)13-21-27-20(14-32-21)23(30)26-12-18-8-10-19(25)11-9-18/h5-11,14-15H,12-13H2,1-4H3,(H,26,30)(H,28,31). The number of aryl methyl sites for hydroxylation is 2. The van der Waals surface area contributed by atoms with Crippen LogP contribution in [-0.4, -0.2) is 27.9 Å². The van der Waals surface area contributed by atoms with Crippen molar-refractivity contribution >= 4 is 29.0 Å². The van der Waals surface area contributed by atoms with Crippen molar-refractivity contribution in [2.45, 2.75) is 46.8 Å². The van der Waals surface area contributed by atoms with Crippen LogP contribution >= 0.6 is 11.3 Å². The van der Waals surface area contributed by atoms with Crippen LogP contribution in [0.1, 0.15) is 46.0 Å². The van der Waals surface area contributed by atoms with Gasteiger partial charge in [0.05, 0.1) is 6.54 Å². The highest BCUT2D eigenvalue weighted by Crippen LogP contribution is 2.21. The number of nitrogens with zero attached hydrogens (tertiary/aromatic N) is 2. The van der Waals surface area contributed by atoms with Crippen LogP contribution in [0, 0.1) is 19.7 Å². The first-order valence-electron chi connectivity index (χ1n) is 10.4. The van der Waals surface area contributed by atoms with E-state index in [9.17, 15) is 14.0 Å². The predicted octanol–water partition coefficient (Wildman–Crippen LogP) is 5.27. The number of hydrogen-bond acceptors (Lipinski definition) is 4. The van der Waals surface area contributed by atoms with Crippen LogP contribution in [0.15, 0.2) is 47.8 Å². The number of rotatable bonds is 7. The van der Waals surface area contributed by atoms with Gasteiger partial charge in [0.15, 0.2) is 0 Å². The van der Waals surface area contributed by atoms with E-state index in [4.69, 9.17) is 0 Å². The fraction of sp³-hybridized carbons (Fsp3) is 0.292. The predicted molar refractivity (Wildman–Crippen MR) is 125 cm³/mol. The molecule has 3 rings (SSSR count). The third kappa shape index (κ3) is 5.91. The average molecular weight is 455 g/mol. The topological polar surface area (TPSA) is 74.3 Å². The minimum absolute atomic E-state index is 0.0565. The molecule has 2 aromatic carbocycles. The number of urea groups is 1. The summed E-state index contributed by atoms with van der Waals surface area (Å²) in [6.07, 6.45) is 0. The zero-order chi connectivity index (χ0) is 23.3. The molecule has 6 nitrogen and oxygen atoms in total. The molecule has 32 heavy (non-hydrogen) atoms. The molecule has 3 amide bonds. The Labute approximate surface area is 191 Å². The molecule has 0 saturated heterocycles. The second-order valence-electron chi connectivity index (χ2n) is 7.85. The Hall–Kier alpha value is -3.26. The maximum absolute atomic E-state index is 13.0. The van der Waals surface area contributed by atoms with Gasteiger partial charge >= 0.3 is 6.03 Å². The van der Waals surface area contributed by atoms with Gasteiger partial charge in [-0.1, -0.05) is 30.3 Å². The number of carbonyl (C=O) groups is 2. The van der Waals surface area contributed by atoms with Crippen LogP contribution in [0.4, 0.5) is 14.9 Å². The van der Waals surface area contributed by atoms with Gasteiger partial charge in [0.1, 0.15) is 16.5 Å². The van der Waals surface area contributed by atoms with Gasteiger partial charge in [0.2, 0.25) is 0 Å². The van der Waals surface area contributed by atoms with Crippen LogP contribution in [0.3, 0.4) is 0 Å². The molecule has 3 aromatic rings. The summed E-state index contributed by atoms with van der Waals surface area (Å²) in [7, 11) is 0. The van der Waals surface area contributed by atoms with Crippen LogP contribution in [0.5, 0.6) is 0 Å². The van der Waals surface area contributed by atoms with Gasteiger partial charge < -0.3 is 15.5 Å². The molecule has 0 atom stereocenters. The number of para-hydroxylation sites is 1. The monoisotopic (exact) mass is 454 g/mol. The molecule has 0 aliphatic carbocycles. The maximum atomic E-state index is 13.0. The summed E-state index contributed by atoms with van der Waals surface area (Å²) >= 11 is 1.33. The molecule has 1 aromatic heterocycles. The van der Waals surface area contributed by atoms with Crippen molar-refractivity contribution in [2.24, 2.45) is 0 Å². The van der Waals surface area contributed by atoms with Crippen molar-refractivity contribution < 1.29 is 14.0 Å². The van der Waals surface area contributed by atoms with Crippen molar-refractivity contribution in [3.8, 4) is 0 Å². The summed E-state index contributed by atoms with van der Waals surface area (Å²) < 4.78 is 13.0. The minimum atomic E-state index is -0.319. The van der Waals surface area contributed by atoms with E-state index in [1.54, 1.807) is 22.4 Å². The van der Waals surface area contributed by atoms with Crippen LogP contribution < -0.4 is 10.6 Å². The Kier molecular flexibility index (Phi) is 7.58. The van der Waals surface area contributed by atoms with E-state index in [1.165, 1.54) is 23.5 Å². The molecule has 0 bridgehead atoms. The summed E-state index contributed by atoms with van der Waals surface area (Å²) in [4.78, 5) is 31.5. The van der Waals surface area contributed by atoms with Gasteiger partial charge in [-0.2, -0.15) is 0 Å². The van der Waals surface area contributed by atoms with Crippen molar-refractivity contribution in [2.75, 3.05) is 5.32 Å². The number of amides is 3. The van der Waals surface area contributed by atoms with Crippen LogP contribution in [-0.2, 0) is 13.1 Å². The molecule has 0 radical (unpaired) electrons. The number of thiazole rings is 1. The number of halogens is 1. The molecule has 168 valence electrons. The fourth-order valence-electron chi connectivity index (χ4n) is 3.19.